The Hall–Kier alpha value is -3.43. The average Bonchev–Trinajstić information content (AvgIpc) is 3.36. The molecule has 10 heteroatoms. The molecule has 3 aromatic heterocycles. The summed E-state index contributed by atoms with van der Waals surface area (Å²) >= 11 is 0. The number of nitrogens with zero attached hydrogens (tertiary/aromatic N) is 5. The lowest BCUT2D eigenvalue weighted by atomic mass is 10.1. The van der Waals surface area contributed by atoms with Crippen LogP contribution in [0.2, 0.25) is 0 Å². The van der Waals surface area contributed by atoms with Gasteiger partial charge in [-0.3, -0.25) is 0 Å². The van der Waals surface area contributed by atoms with Crippen LogP contribution in [0.4, 0.5) is 13.2 Å². The van der Waals surface area contributed by atoms with Crippen LogP contribution in [0.1, 0.15) is 11.3 Å². The van der Waals surface area contributed by atoms with E-state index in [4.69, 9.17) is 8.94 Å². The monoisotopic (exact) mass is 361 g/mol. The maximum Gasteiger partial charge on any atom is 0.416 e. The second-order valence-corrected chi connectivity index (χ2v) is 5.38. The number of hydrogen-bond donors (Lipinski definition) is 0. The van der Waals surface area contributed by atoms with Crippen molar-refractivity contribution in [2.75, 3.05) is 0 Å². The highest BCUT2D eigenvalue weighted by atomic mass is 19.4. The van der Waals surface area contributed by atoms with Crippen LogP contribution >= 0.6 is 0 Å². The van der Waals surface area contributed by atoms with E-state index in [9.17, 15) is 13.2 Å². The largest absolute Gasteiger partial charge is 0.461 e. The molecule has 0 saturated heterocycles. The van der Waals surface area contributed by atoms with E-state index in [1.165, 1.54) is 23.2 Å². The third kappa shape index (κ3) is 3.21. The van der Waals surface area contributed by atoms with Crippen molar-refractivity contribution in [3.63, 3.8) is 0 Å². The Balaban J connectivity index is 1.54. The van der Waals surface area contributed by atoms with Gasteiger partial charge in [-0.1, -0.05) is 17.3 Å². The van der Waals surface area contributed by atoms with Gasteiger partial charge in [-0.2, -0.15) is 18.0 Å². The first kappa shape index (κ1) is 16.1. The van der Waals surface area contributed by atoms with E-state index in [1.54, 1.807) is 18.2 Å². The van der Waals surface area contributed by atoms with E-state index in [1.807, 2.05) is 0 Å². The maximum absolute atomic E-state index is 12.8. The van der Waals surface area contributed by atoms with Crippen LogP contribution in [0.5, 0.6) is 0 Å². The molecule has 26 heavy (non-hydrogen) atoms. The molecule has 0 saturated carbocycles. The highest BCUT2D eigenvalue weighted by Gasteiger charge is 2.30. The van der Waals surface area contributed by atoms with Gasteiger partial charge < -0.3 is 8.94 Å². The van der Waals surface area contributed by atoms with Crippen molar-refractivity contribution >= 4 is 0 Å². The van der Waals surface area contributed by atoms with Crippen LogP contribution in [0.3, 0.4) is 0 Å². The minimum Gasteiger partial charge on any atom is -0.461 e. The molecule has 0 aliphatic heterocycles. The lowest BCUT2D eigenvalue weighted by molar-refractivity contribution is -0.137. The van der Waals surface area contributed by atoms with Gasteiger partial charge in [0.25, 0.3) is 0 Å². The van der Waals surface area contributed by atoms with Crippen molar-refractivity contribution in [3.8, 4) is 22.9 Å². The zero-order valence-electron chi connectivity index (χ0n) is 13.0. The van der Waals surface area contributed by atoms with Crippen LogP contribution in [0.15, 0.2) is 57.7 Å². The molecule has 4 rings (SSSR count). The second-order valence-electron chi connectivity index (χ2n) is 5.38. The van der Waals surface area contributed by atoms with Gasteiger partial charge in [-0.25, -0.2) is 0 Å². The summed E-state index contributed by atoms with van der Waals surface area (Å²) in [7, 11) is 0. The molecule has 0 unspecified atom stereocenters. The molecule has 132 valence electrons. The first-order chi connectivity index (χ1) is 12.5. The number of halogens is 3. The summed E-state index contributed by atoms with van der Waals surface area (Å²) in [5.74, 6) is 1.06. The smallest absolute Gasteiger partial charge is 0.416 e. The van der Waals surface area contributed by atoms with Crippen LogP contribution in [0.25, 0.3) is 22.9 Å². The van der Waals surface area contributed by atoms with Gasteiger partial charge in [0.2, 0.25) is 11.6 Å². The number of benzene rings is 1. The van der Waals surface area contributed by atoms with Crippen molar-refractivity contribution in [1.29, 1.82) is 0 Å². The van der Waals surface area contributed by atoms with Gasteiger partial charge >= 0.3 is 6.18 Å². The molecule has 0 N–H and O–H groups in total. The molecule has 0 fully saturated rings. The van der Waals surface area contributed by atoms with E-state index in [2.05, 4.69) is 20.6 Å². The number of aromatic nitrogens is 5. The van der Waals surface area contributed by atoms with Gasteiger partial charge in [0.05, 0.1) is 11.8 Å². The van der Waals surface area contributed by atoms with Crippen LogP contribution in [-0.4, -0.2) is 25.4 Å². The summed E-state index contributed by atoms with van der Waals surface area (Å²) in [5, 5.41) is 15.6. The molecule has 3 heterocycles. The number of alkyl halides is 3. The summed E-state index contributed by atoms with van der Waals surface area (Å²) in [5.41, 5.74) is -0.0298. The first-order valence-corrected chi connectivity index (χ1v) is 7.44. The summed E-state index contributed by atoms with van der Waals surface area (Å²) in [6.45, 7) is 0.149. The normalized spacial score (nSPS) is 11.8. The highest BCUT2D eigenvalue weighted by Crippen LogP contribution is 2.31. The minimum atomic E-state index is -4.44. The lowest BCUT2D eigenvalue weighted by Gasteiger charge is -2.06. The summed E-state index contributed by atoms with van der Waals surface area (Å²) in [4.78, 5) is 1.22. The standard InChI is InChI=1S/C16H10F3N5O2/c17-16(18,19)11-4-1-3-10(7-11)15-20-23-24(21-15)9-12-8-14(26-22-12)13-5-2-6-25-13/h1-8H,9H2. The SMILES string of the molecule is FC(F)(F)c1cccc(-c2nnn(Cc3cc(-c4ccco4)on3)n2)c1. The van der Waals surface area contributed by atoms with E-state index in [-0.39, 0.29) is 17.9 Å². The Kier molecular flexibility index (Phi) is 3.79. The van der Waals surface area contributed by atoms with Gasteiger partial charge in [-0.05, 0) is 29.5 Å². The van der Waals surface area contributed by atoms with Crippen molar-refractivity contribution in [2.45, 2.75) is 12.7 Å². The van der Waals surface area contributed by atoms with Crippen molar-refractivity contribution in [1.82, 2.24) is 25.4 Å². The van der Waals surface area contributed by atoms with Gasteiger partial charge in [0.1, 0.15) is 12.2 Å². The molecule has 0 bridgehead atoms. The maximum atomic E-state index is 12.8. The fourth-order valence-corrected chi connectivity index (χ4v) is 2.33. The fourth-order valence-electron chi connectivity index (χ4n) is 2.33. The summed E-state index contributed by atoms with van der Waals surface area (Å²) in [6.07, 6.45) is -2.92. The minimum absolute atomic E-state index is 0.0888. The topological polar surface area (TPSA) is 82.8 Å². The summed E-state index contributed by atoms with van der Waals surface area (Å²) < 4.78 is 48.8. The second kappa shape index (κ2) is 6.14. The molecule has 7 nitrogen and oxygen atoms in total. The van der Waals surface area contributed by atoms with Crippen molar-refractivity contribution < 1.29 is 22.1 Å². The molecule has 4 aromatic rings. The Bertz CT molecular complexity index is 1020. The predicted molar refractivity (Wildman–Crippen MR) is 81.6 cm³/mol. The lowest BCUT2D eigenvalue weighted by Crippen LogP contribution is -2.05. The van der Waals surface area contributed by atoms with Crippen LogP contribution in [0, 0.1) is 0 Å². The van der Waals surface area contributed by atoms with Gasteiger partial charge in [-0.15, -0.1) is 10.2 Å². The molecule has 0 spiro atoms. The third-order valence-corrected chi connectivity index (χ3v) is 3.53. The average molecular weight is 361 g/mol. The van der Waals surface area contributed by atoms with Gasteiger partial charge in [0, 0.05) is 11.6 Å². The van der Waals surface area contributed by atoms with Crippen molar-refractivity contribution in [3.05, 3.63) is 60.0 Å². The van der Waals surface area contributed by atoms with Crippen LogP contribution in [-0.2, 0) is 12.7 Å². The van der Waals surface area contributed by atoms with Crippen LogP contribution < -0.4 is 0 Å². The number of furan rings is 1. The van der Waals surface area contributed by atoms with Crippen molar-refractivity contribution in [2.24, 2.45) is 0 Å². The molecule has 0 radical (unpaired) electrons. The van der Waals surface area contributed by atoms with E-state index >= 15 is 0 Å². The Morgan fingerprint density at radius 3 is 2.69 bits per heavy atom. The zero-order valence-corrected chi connectivity index (χ0v) is 13.0. The summed E-state index contributed by atoms with van der Waals surface area (Å²) in [6, 6.07) is 9.85. The number of hydrogen-bond acceptors (Lipinski definition) is 6. The molecule has 0 aliphatic carbocycles. The quantitative estimate of drug-likeness (QED) is 0.552. The fraction of sp³-hybridized carbons (Fsp3) is 0.125. The third-order valence-electron chi connectivity index (χ3n) is 3.53. The Labute approximate surface area is 144 Å². The molecule has 0 amide bonds. The predicted octanol–water partition coefficient (Wildman–Crippen LogP) is 3.66. The molecule has 0 aliphatic rings. The molecule has 1 aromatic carbocycles. The highest BCUT2D eigenvalue weighted by molar-refractivity contribution is 5.55. The van der Waals surface area contributed by atoms with E-state index in [0.29, 0.717) is 17.2 Å². The molecule has 0 atom stereocenters. The number of rotatable bonds is 4. The number of tetrazole rings is 1. The molecular weight excluding hydrogens is 351 g/mol. The first-order valence-electron chi connectivity index (χ1n) is 7.44. The van der Waals surface area contributed by atoms with E-state index in [0.717, 1.165) is 12.1 Å². The zero-order chi connectivity index (χ0) is 18.1. The Morgan fingerprint density at radius 1 is 1.04 bits per heavy atom. The molecular formula is C16H10F3N5O2. The van der Waals surface area contributed by atoms with Gasteiger partial charge in [0.15, 0.2) is 5.76 Å². The van der Waals surface area contributed by atoms with E-state index < -0.39 is 11.7 Å². The Morgan fingerprint density at radius 2 is 1.92 bits per heavy atom.